The first-order chi connectivity index (χ1) is 11.7. The van der Waals surface area contributed by atoms with Crippen molar-refractivity contribution in [1.29, 1.82) is 0 Å². The van der Waals surface area contributed by atoms with Crippen LogP contribution in [0.4, 0.5) is 5.69 Å². The largest absolute Gasteiger partial charge is 0.480 e. The predicted molar refractivity (Wildman–Crippen MR) is 85.0 cm³/mol. The Labute approximate surface area is 142 Å². The van der Waals surface area contributed by atoms with Crippen molar-refractivity contribution >= 4 is 29.6 Å². The van der Waals surface area contributed by atoms with Crippen LogP contribution in [0.3, 0.4) is 0 Å². The molecule has 0 aromatic heterocycles. The number of nitrogens with zero attached hydrogens (tertiary/aromatic N) is 2. The van der Waals surface area contributed by atoms with Crippen LogP contribution in [0, 0.1) is 0 Å². The number of hydrogen-bond acceptors (Lipinski definition) is 6. The third kappa shape index (κ3) is 6.87. The van der Waals surface area contributed by atoms with Crippen molar-refractivity contribution in [2.75, 3.05) is 37.6 Å². The maximum Gasteiger partial charge on any atom is 0.337 e. The fraction of sp³-hybridized carbons (Fsp3) is 0.333. The highest BCUT2D eigenvalue weighted by molar-refractivity contribution is 5.95. The first-order valence-electron chi connectivity index (χ1n) is 7.15. The van der Waals surface area contributed by atoms with Gasteiger partial charge in [0.05, 0.1) is 24.3 Å². The molecule has 0 amide bonds. The van der Waals surface area contributed by atoms with Gasteiger partial charge in [-0.2, -0.15) is 0 Å². The molecule has 0 fully saturated rings. The Bertz CT molecular complexity index is 645. The lowest BCUT2D eigenvalue weighted by Crippen LogP contribution is -2.42. The minimum atomic E-state index is -1.24. The molecule has 0 saturated heterocycles. The number of carboxylic acid groups (broad SMARTS) is 4. The Balaban J connectivity index is 2.99. The zero-order chi connectivity index (χ0) is 19.0. The SMILES string of the molecule is O=C(O)CN(CCN(CC(=O)O)c1ccccc1C(=O)O)CC(=O)O. The van der Waals surface area contributed by atoms with Crippen LogP contribution in [0.5, 0.6) is 0 Å². The number of carbonyl (C=O) groups is 4. The Hall–Kier alpha value is -3.14. The summed E-state index contributed by atoms with van der Waals surface area (Å²) in [6, 6.07) is 5.79. The van der Waals surface area contributed by atoms with Crippen molar-refractivity contribution in [3.63, 3.8) is 0 Å². The highest BCUT2D eigenvalue weighted by Crippen LogP contribution is 2.20. The molecule has 0 aliphatic rings. The molecular weight excluding hydrogens is 336 g/mol. The number of rotatable bonds is 11. The average molecular weight is 354 g/mol. The summed E-state index contributed by atoms with van der Waals surface area (Å²) < 4.78 is 0. The Morgan fingerprint density at radius 2 is 1.28 bits per heavy atom. The van der Waals surface area contributed by atoms with Crippen molar-refractivity contribution in [1.82, 2.24) is 4.90 Å². The summed E-state index contributed by atoms with van der Waals surface area (Å²) in [5.41, 5.74) is 0.0507. The quantitative estimate of drug-likeness (QED) is 0.418. The van der Waals surface area contributed by atoms with Crippen LogP contribution in [0.1, 0.15) is 10.4 Å². The summed E-state index contributed by atoms with van der Waals surface area (Å²) in [6.45, 7) is -1.71. The summed E-state index contributed by atoms with van der Waals surface area (Å²) in [5, 5.41) is 35.9. The third-order valence-corrected chi connectivity index (χ3v) is 3.21. The second-order valence-corrected chi connectivity index (χ2v) is 5.14. The van der Waals surface area contributed by atoms with E-state index >= 15 is 0 Å². The van der Waals surface area contributed by atoms with E-state index in [1.165, 1.54) is 23.1 Å². The highest BCUT2D eigenvalue weighted by atomic mass is 16.4. The fourth-order valence-corrected chi connectivity index (χ4v) is 2.24. The molecule has 0 unspecified atom stereocenters. The van der Waals surface area contributed by atoms with Crippen LogP contribution in [0.15, 0.2) is 24.3 Å². The normalized spacial score (nSPS) is 10.4. The van der Waals surface area contributed by atoms with Crippen LogP contribution in [-0.2, 0) is 14.4 Å². The maximum absolute atomic E-state index is 11.3. The molecule has 1 rings (SSSR count). The monoisotopic (exact) mass is 354 g/mol. The van der Waals surface area contributed by atoms with Gasteiger partial charge in [0.15, 0.2) is 0 Å². The highest BCUT2D eigenvalue weighted by Gasteiger charge is 2.20. The van der Waals surface area contributed by atoms with E-state index in [9.17, 15) is 24.3 Å². The minimum absolute atomic E-state index is 0.0584. The van der Waals surface area contributed by atoms with Gasteiger partial charge in [-0.3, -0.25) is 19.3 Å². The summed E-state index contributed by atoms with van der Waals surface area (Å²) in [7, 11) is 0. The van der Waals surface area contributed by atoms with Gasteiger partial charge in [0.25, 0.3) is 0 Å². The first-order valence-corrected chi connectivity index (χ1v) is 7.15. The van der Waals surface area contributed by atoms with E-state index in [0.717, 1.165) is 4.90 Å². The molecule has 0 heterocycles. The molecule has 0 aliphatic heterocycles. The molecular formula is C15H18N2O8. The molecule has 1 aromatic carbocycles. The molecule has 0 bridgehead atoms. The molecule has 4 N–H and O–H groups in total. The molecule has 0 radical (unpaired) electrons. The van der Waals surface area contributed by atoms with E-state index in [4.69, 9.17) is 15.3 Å². The second-order valence-electron chi connectivity index (χ2n) is 5.14. The zero-order valence-electron chi connectivity index (χ0n) is 13.2. The lowest BCUT2D eigenvalue weighted by Gasteiger charge is -2.27. The third-order valence-electron chi connectivity index (χ3n) is 3.21. The van der Waals surface area contributed by atoms with Crippen molar-refractivity contribution < 1.29 is 39.6 Å². The standard InChI is InChI=1S/C15H18N2O8/c18-12(19)7-16(8-13(20)21)5-6-17(9-14(22)23)11-4-2-1-3-10(11)15(24)25/h1-4H,5-9H2,(H,18,19)(H,20,21)(H,22,23)(H,24,25). The van der Waals surface area contributed by atoms with E-state index in [-0.39, 0.29) is 24.3 Å². The van der Waals surface area contributed by atoms with E-state index in [2.05, 4.69) is 0 Å². The number of anilines is 1. The topological polar surface area (TPSA) is 156 Å². The zero-order valence-corrected chi connectivity index (χ0v) is 13.2. The molecule has 1 aromatic rings. The van der Waals surface area contributed by atoms with Crippen molar-refractivity contribution in [3.05, 3.63) is 29.8 Å². The van der Waals surface area contributed by atoms with Gasteiger partial charge in [-0.15, -0.1) is 0 Å². The van der Waals surface area contributed by atoms with Gasteiger partial charge in [0, 0.05) is 13.1 Å². The number of carboxylic acids is 4. The Kier molecular flexibility index (Phi) is 7.35. The molecule has 10 heteroatoms. The summed E-state index contributed by atoms with van der Waals surface area (Å²) in [5.74, 6) is -4.89. The molecule has 0 saturated carbocycles. The molecule has 0 atom stereocenters. The second kappa shape index (κ2) is 9.23. The fourth-order valence-electron chi connectivity index (χ4n) is 2.24. The van der Waals surface area contributed by atoms with Crippen LogP contribution >= 0.6 is 0 Å². The Morgan fingerprint density at radius 1 is 0.760 bits per heavy atom. The van der Waals surface area contributed by atoms with E-state index in [1.807, 2.05) is 0 Å². The van der Waals surface area contributed by atoms with Gasteiger partial charge < -0.3 is 25.3 Å². The van der Waals surface area contributed by atoms with Crippen LogP contribution < -0.4 is 4.90 Å². The van der Waals surface area contributed by atoms with Crippen LogP contribution in [0.25, 0.3) is 0 Å². The minimum Gasteiger partial charge on any atom is -0.480 e. The predicted octanol–water partition coefficient (Wildman–Crippen LogP) is -0.253. The number of para-hydroxylation sites is 1. The number of aliphatic carboxylic acids is 3. The van der Waals surface area contributed by atoms with Crippen molar-refractivity contribution in [3.8, 4) is 0 Å². The molecule has 25 heavy (non-hydrogen) atoms. The van der Waals surface area contributed by atoms with Crippen LogP contribution in [-0.4, -0.2) is 81.9 Å². The van der Waals surface area contributed by atoms with Gasteiger partial charge in [-0.05, 0) is 12.1 Å². The number of benzene rings is 1. The first kappa shape index (κ1) is 19.9. The molecule has 10 nitrogen and oxygen atoms in total. The Morgan fingerprint density at radius 3 is 1.76 bits per heavy atom. The maximum atomic E-state index is 11.3. The van der Waals surface area contributed by atoms with Gasteiger partial charge in [-0.1, -0.05) is 12.1 Å². The van der Waals surface area contributed by atoms with Gasteiger partial charge in [0.2, 0.25) is 0 Å². The van der Waals surface area contributed by atoms with E-state index < -0.39 is 43.5 Å². The van der Waals surface area contributed by atoms with Gasteiger partial charge in [-0.25, -0.2) is 4.79 Å². The smallest absolute Gasteiger partial charge is 0.337 e. The average Bonchev–Trinajstić information content (AvgIpc) is 2.49. The van der Waals surface area contributed by atoms with Gasteiger partial charge >= 0.3 is 23.9 Å². The number of aromatic carboxylic acids is 1. The molecule has 0 spiro atoms. The number of hydrogen-bond donors (Lipinski definition) is 4. The molecule has 0 aliphatic carbocycles. The van der Waals surface area contributed by atoms with Crippen LogP contribution in [0.2, 0.25) is 0 Å². The summed E-state index contributed by atoms with van der Waals surface area (Å²) in [4.78, 5) is 46.4. The molecule has 136 valence electrons. The van der Waals surface area contributed by atoms with Crippen molar-refractivity contribution in [2.24, 2.45) is 0 Å². The van der Waals surface area contributed by atoms with E-state index in [1.54, 1.807) is 6.07 Å². The van der Waals surface area contributed by atoms with Gasteiger partial charge in [0.1, 0.15) is 6.54 Å². The lowest BCUT2D eigenvalue weighted by molar-refractivity contribution is -0.142. The van der Waals surface area contributed by atoms with Crippen molar-refractivity contribution in [2.45, 2.75) is 0 Å². The summed E-state index contributed by atoms with van der Waals surface area (Å²) in [6.07, 6.45) is 0. The lowest BCUT2D eigenvalue weighted by atomic mass is 10.1. The van der Waals surface area contributed by atoms with E-state index in [0.29, 0.717) is 0 Å². The summed E-state index contributed by atoms with van der Waals surface area (Å²) >= 11 is 0.